The molecule has 22 heavy (non-hydrogen) atoms. The molecule has 1 aromatic heterocycles. The first-order chi connectivity index (χ1) is 10.1. The van der Waals surface area contributed by atoms with Gasteiger partial charge in [-0.15, -0.1) is 23.7 Å². The van der Waals surface area contributed by atoms with E-state index < -0.39 is 30.0 Å². The predicted octanol–water partition coefficient (Wildman–Crippen LogP) is 4.89. The fourth-order valence-electron chi connectivity index (χ4n) is 2.78. The van der Waals surface area contributed by atoms with E-state index in [2.05, 4.69) is 0 Å². The summed E-state index contributed by atoms with van der Waals surface area (Å²) in [6.45, 7) is 3.41. The molecule has 0 fully saturated rings. The van der Waals surface area contributed by atoms with Crippen LogP contribution < -0.4 is 0 Å². The molecule has 1 nitrogen and oxygen atoms in total. The second kappa shape index (κ2) is 5.60. The molecule has 0 aliphatic rings. The summed E-state index contributed by atoms with van der Waals surface area (Å²) in [6, 6.07) is 7.48. The summed E-state index contributed by atoms with van der Waals surface area (Å²) >= 11 is 1.48. The van der Waals surface area contributed by atoms with Gasteiger partial charge in [0.1, 0.15) is 0 Å². The SMILES string of the molecule is C#CCC(O)(CC(C)(C)c1cccc2ccsc12)C(F)(F)F. The highest BCUT2D eigenvalue weighted by Gasteiger charge is 2.55. The molecule has 1 heterocycles. The molecule has 2 aromatic rings. The molecule has 0 radical (unpaired) electrons. The topological polar surface area (TPSA) is 20.2 Å². The highest BCUT2D eigenvalue weighted by Crippen LogP contribution is 2.44. The Morgan fingerprint density at radius 3 is 2.50 bits per heavy atom. The Kier molecular flexibility index (Phi) is 4.29. The Morgan fingerprint density at radius 1 is 1.23 bits per heavy atom. The molecule has 1 unspecified atom stereocenters. The Morgan fingerprint density at radius 2 is 1.91 bits per heavy atom. The van der Waals surface area contributed by atoms with Crippen LogP contribution in [0.2, 0.25) is 0 Å². The number of benzene rings is 1. The van der Waals surface area contributed by atoms with Gasteiger partial charge < -0.3 is 5.11 Å². The predicted molar refractivity (Wildman–Crippen MR) is 83.9 cm³/mol. The van der Waals surface area contributed by atoms with Crippen LogP contribution in [0.15, 0.2) is 29.6 Å². The minimum Gasteiger partial charge on any atom is -0.380 e. The molecule has 0 aliphatic carbocycles. The number of thiophene rings is 1. The normalized spacial score (nSPS) is 15.5. The molecule has 0 amide bonds. The highest BCUT2D eigenvalue weighted by molar-refractivity contribution is 7.17. The largest absolute Gasteiger partial charge is 0.418 e. The summed E-state index contributed by atoms with van der Waals surface area (Å²) in [4.78, 5) is 0. The van der Waals surface area contributed by atoms with Gasteiger partial charge in [-0.3, -0.25) is 0 Å². The lowest BCUT2D eigenvalue weighted by molar-refractivity contribution is -0.264. The number of rotatable bonds is 4. The highest BCUT2D eigenvalue weighted by atomic mass is 32.1. The summed E-state index contributed by atoms with van der Waals surface area (Å²) in [5.41, 5.74) is -2.96. The van der Waals surface area contributed by atoms with Gasteiger partial charge in [0.15, 0.2) is 5.60 Å². The van der Waals surface area contributed by atoms with E-state index in [1.54, 1.807) is 13.8 Å². The van der Waals surface area contributed by atoms with Crippen molar-refractivity contribution in [1.82, 2.24) is 0 Å². The molecule has 118 valence electrons. The number of hydrogen-bond donors (Lipinski definition) is 1. The Hall–Kier alpha value is -1.51. The van der Waals surface area contributed by atoms with Crippen LogP contribution in [-0.2, 0) is 5.41 Å². The van der Waals surface area contributed by atoms with Crippen LogP contribution in [0.3, 0.4) is 0 Å². The number of alkyl halides is 3. The van der Waals surface area contributed by atoms with Gasteiger partial charge >= 0.3 is 6.18 Å². The van der Waals surface area contributed by atoms with Crippen molar-refractivity contribution in [1.29, 1.82) is 0 Å². The maximum Gasteiger partial charge on any atom is 0.418 e. The van der Waals surface area contributed by atoms with Gasteiger partial charge in [0.05, 0.1) is 0 Å². The van der Waals surface area contributed by atoms with Crippen LogP contribution >= 0.6 is 11.3 Å². The average molecular weight is 326 g/mol. The number of fused-ring (bicyclic) bond motifs is 1. The molecule has 0 saturated carbocycles. The number of hydrogen-bond acceptors (Lipinski definition) is 2. The molecule has 0 bridgehead atoms. The van der Waals surface area contributed by atoms with E-state index >= 15 is 0 Å². The van der Waals surface area contributed by atoms with Crippen LogP contribution in [0.4, 0.5) is 13.2 Å². The first kappa shape index (κ1) is 16.9. The summed E-state index contributed by atoms with van der Waals surface area (Å²) in [6.07, 6.45) is -0.960. The van der Waals surface area contributed by atoms with Crippen molar-refractivity contribution in [3.8, 4) is 12.3 Å². The van der Waals surface area contributed by atoms with E-state index in [0.717, 1.165) is 15.6 Å². The number of terminal acetylenes is 1. The summed E-state index contributed by atoms with van der Waals surface area (Å²) in [5, 5.41) is 13.0. The summed E-state index contributed by atoms with van der Waals surface area (Å²) in [7, 11) is 0. The Bertz CT molecular complexity index is 708. The first-order valence-corrected chi connectivity index (χ1v) is 7.68. The molecule has 0 aliphatic heterocycles. The molecule has 5 heteroatoms. The van der Waals surface area contributed by atoms with Gasteiger partial charge in [0.25, 0.3) is 0 Å². The minimum atomic E-state index is -4.76. The zero-order valence-corrected chi connectivity index (χ0v) is 13.2. The van der Waals surface area contributed by atoms with E-state index in [0.29, 0.717) is 0 Å². The molecular weight excluding hydrogens is 309 g/mol. The maximum atomic E-state index is 13.2. The second-order valence-electron chi connectivity index (χ2n) is 6.12. The van der Waals surface area contributed by atoms with E-state index in [4.69, 9.17) is 6.42 Å². The van der Waals surface area contributed by atoms with Crippen molar-refractivity contribution in [2.24, 2.45) is 0 Å². The minimum absolute atomic E-state index is 0.481. The second-order valence-corrected chi connectivity index (χ2v) is 7.03. The van der Waals surface area contributed by atoms with E-state index in [1.807, 2.05) is 35.6 Å². The standard InChI is InChI=1S/C17H17F3OS/c1-4-9-16(21,17(18,19)20)11-15(2,3)13-7-5-6-12-8-10-22-14(12)13/h1,5-8,10,21H,9,11H2,2-3H3. The van der Waals surface area contributed by atoms with Gasteiger partial charge in [0, 0.05) is 11.1 Å². The molecule has 1 atom stereocenters. The van der Waals surface area contributed by atoms with Crippen molar-refractivity contribution in [3.05, 3.63) is 35.2 Å². The van der Waals surface area contributed by atoms with Crippen molar-refractivity contribution >= 4 is 21.4 Å². The fraction of sp³-hybridized carbons (Fsp3) is 0.412. The lowest BCUT2D eigenvalue weighted by atomic mass is 9.73. The Balaban J connectivity index is 2.46. The summed E-state index contributed by atoms with van der Waals surface area (Å²) in [5.74, 6) is 1.95. The zero-order valence-electron chi connectivity index (χ0n) is 12.4. The third-order valence-corrected chi connectivity index (χ3v) is 4.83. The van der Waals surface area contributed by atoms with Crippen LogP contribution in [0.25, 0.3) is 10.1 Å². The summed E-state index contributed by atoms with van der Waals surface area (Å²) < 4.78 is 40.7. The lowest BCUT2D eigenvalue weighted by Gasteiger charge is -2.37. The lowest BCUT2D eigenvalue weighted by Crippen LogP contribution is -2.48. The quantitative estimate of drug-likeness (QED) is 0.794. The van der Waals surface area contributed by atoms with Crippen molar-refractivity contribution in [3.63, 3.8) is 0 Å². The zero-order chi connectivity index (χ0) is 16.6. The molecule has 1 aromatic carbocycles. The van der Waals surface area contributed by atoms with Gasteiger partial charge in [-0.2, -0.15) is 13.2 Å². The van der Waals surface area contributed by atoms with Crippen molar-refractivity contribution in [2.75, 3.05) is 0 Å². The van der Waals surface area contributed by atoms with E-state index in [1.165, 1.54) is 11.3 Å². The smallest absolute Gasteiger partial charge is 0.380 e. The third kappa shape index (κ3) is 2.99. The molecule has 1 N–H and O–H groups in total. The van der Waals surface area contributed by atoms with Crippen molar-refractivity contribution < 1.29 is 18.3 Å². The van der Waals surface area contributed by atoms with Gasteiger partial charge in [-0.05, 0) is 34.2 Å². The number of aliphatic hydroxyl groups is 1. The van der Waals surface area contributed by atoms with Crippen LogP contribution in [0.5, 0.6) is 0 Å². The van der Waals surface area contributed by atoms with Gasteiger partial charge in [0.2, 0.25) is 0 Å². The number of halogens is 3. The van der Waals surface area contributed by atoms with Gasteiger partial charge in [-0.25, -0.2) is 0 Å². The molecular formula is C17H17F3OS. The van der Waals surface area contributed by atoms with Crippen LogP contribution in [0.1, 0.15) is 32.3 Å². The van der Waals surface area contributed by atoms with Crippen LogP contribution in [0, 0.1) is 12.3 Å². The van der Waals surface area contributed by atoms with Crippen molar-refractivity contribution in [2.45, 2.75) is 43.9 Å². The molecule has 0 saturated heterocycles. The monoisotopic (exact) mass is 326 g/mol. The molecule has 2 rings (SSSR count). The fourth-order valence-corrected chi connectivity index (χ4v) is 3.88. The first-order valence-electron chi connectivity index (χ1n) is 6.80. The molecule has 0 spiro atoms. The Labute approximate surface area is 131 Å². The van der Waals surface area contributed by atoms with Crippen LogP contribution in [-0.4, -0.2) is 16.9 Å². The van der Waals surface area contributed by atoms with E-state index in [-0.39, 0.29) is 0 Å². The van der Waals surface area contributed by atoms with Gasteiger partial charge in [-0.1, -0.05) is 32.0 Å². The maximum absolute atomic E-state index is 13.2. The van der Waals surface area contributed by atoms with E-state index in [9.17, 15) is 18.3 Å². The third-order valence-electron chi connectivity index (χ3n) is 3.86. The average Bonchev–Trinajstić information content (AvgIpc) is 2.84.